The van der Waals surface area contributed by atoms with Gasteiger partial charge in [-0.05, 0) is 31.5 Å². The molecule has 0 spiro atoms. The van der Waals surface area contributed by atoms with Crippen LogP contribution in [0.15, 0.2) is 22.6 Å². The van der Waals surface area contributed by atoms with Crippen LogP contribution < -0.4 is 4.74 Å². The van der Waals surface area contributed by atoms with Gasteiger partial charge in [-0.15, -0.1) is 0 Å². The molecule has 2 rings (SSSR count). The van der Waals surface area contributed by atoms with Crippen LogP contribution in [-0.4, -0.2) is 22.7 Å². The number of hydrogen-bond donors (Lipinski definition) is 1. The minimum Gasteiger partial charge on any atom is -0.476 e. The van der Waals surface area contributed by atoms with Crippen molar-refractivity contribution in [3.8, 4) is 17.4 Å². The third-order valence-corrected chi connectivity index (χ3v) is 2.43. The van der Waals surface area contributed by atoms with Gasteiger partial charge in [0.05, 0.1) is 12.2 Å². The molecule has 1 heterocycles. The number of carbonyl (C=O) groups is 1. The summed E-state index contributed by atoms with van der Waals surface area (Å²) < 4.78 is 24.0. The summed E-state index contributed by atoms with van der Waals surface area (Å²) in [5.41, 5.74) is 0.479. The Kier molecular flexibility index (Phi) is 3.50. The second-order valence-electron chi connectivity index (χ2n) is 3.88. The molecule has 5 nitrogen and oxygen atoms in total. The zero-order valence-electron chi connectivity index (χ0n) is 10.4. The molecule has 19 heavy (non-hydrogen) atoms. The molecule has 0 fully saturated rings. The molecule has 100 valence electrons. The highest BCUT2D eigenvalue weighted by Crippen LogP contribution is 2.29. The zero-order valence-corrected chi connectivity index (χ0v) is 10.4. The van der Waals surface area contributed by atoms with Crippen molar-refractivity contribution in [2.24, 2.45) is 0 Å². The van der Waals surface area contributed by atoms with Crippen LogP contribution in [0.3, 0.4) is 0 Å². The lowest BCUT2D eigenvalue weighted by Gasteiger charge is -1.99. The highest BCUT2D eigenvalue weighted by atomic mass is 19.1. The Hall–Kier alpha value is -2.37. The molecule has 0 aliphatic carbocycles. The SMILES string of the molecule is CCOc1oc(-c2ccc(C)cc2F)nc1C(=O)O. The molecule has 0 atom stereocenters. The molecular weight excluding hydrogens is 253 g/mol. The van der Waals surface area contributed by atoms with Crippen molar-refractivity contribution in [2.75, 3.05) is 6.61 Å². The summed E-state index contributed by atoms with van der Waals surface area (Å²) in [6, 6.07) is 4.49. The molecule has 1 N–H and O–H groups in total. The van der Waals surface area contributed by atoms with Crippen molar-refractivity contribution >= 4 is 5.97 Å². The Morgan fingerprint density at radius 3 is 2.84 bits per heavy atom. The van der Waals surface area contributed by atoms with E-state index in [4.69, 9.17) is 14.3 Å². The van der Waals surface area contributed by atoms with Gasteiger partial charge in [0.15, 0.2) is 0 Å². The van der Waals surface area contributed by atoms with E-state index in [0.29, 0.717) is 0 Å². The van der Waals surface area contributed by atoms with Crippen LogP contribution in [0.25, 0.3) is 11.5 Å². The van der Waals surface area contributed by atoms with E-state index >= 15 is 0 Å². The Balaban J connectivity index is 2.50. The second kappa shape index (κ2) is 5.09. The minimum absolute atomic E-state index is 0.0963. The Bertz CT molecular complexity index is 621. The number of carboxylic acids is 1. The molecule has 2 aromatic rings. The summed E-state index contributed by atoms with van der Waals surface area (Å²) in [5.74, 6) is -2.14. The van der Waals surface area contributed by atoms with Gasteiger partial charge in [0.2, 0.25) is 11.6 Å². The van der Waals surface area contributed by atoms with Crippen molar-refractivity contribution in [2.45, 2.75) is 13.8 Å². The van der Waals surface area contributed by atoms with Gasteiger partial charge in [-0.25, -0.2) is 9.18 Å². The standard InChI is InChI=1S/C13H12FNO4/c1-3-18-13-10(12(16)17)15-11(19-13)8-5-4-7(2)6-9(8)14/h4-6H,3H2,1-2H3,(H,16,17). The van der Waals surface area contributed by atoms with Gasteiger partial charge >= 0.3 is 11.9 Å². The molecule has 0 radical (unpaired) electrons. The van der Waals surface area contributed by atoms with Crippen LogP contribution in [-0.2, 0) is 0 Å². The summed E-state index contributed by atoms with van der Waals surface area (Å²) in [5, 5.41) is 8.97. The minimum atomic E-state index is -1.29. The smallest absolute Gasteiger partial charge is 0.362 e. The number of benzene rings is 1. The average molecular weight is 265 g/mol. The summed E-state index contributed by atoms with van der Waals surface area (Å²) >= 11 is 0. The van der Waals surface area contributed by atoms with Crippen LogP contribution in [0.2, 0.25) is 0 Å². The molecular formula is C13H12FNO4. The first-order valence-electron chi connectivity index (χ1n) is 5.66. The normalized spacial score (nSPS) is 10.5. The van der Waals surface area contributed by atoms with Gasteiger partial charge in [-0.3, -0.25) is 0 Å². The number of aromatic carboxylic acids is 1. The molecule has 0 amide bonds. The number of aromatic nitrogens is 1. The second-order valence-corrected chi connectivity index (χ2v) is 3.88. The largest absolute Gasteiger partial charge is 0.476 e. The highest BCUT2D eigenvalue weighted by Gasteiger charge is 2.23. The molecule has 0 bridgehead atoms. The molecule has 0 unspecified atom stereocenters. The van der Waals surface area contributed by atoms with Crippen LogP contribution in [0.4, 0.5) is 4.39 Å². The van der Waals surface area contributed by atoms with E-state index < -0.39 is 11.8 Å². The summed E-state index contributed by atoms with van der Waals surface area (Å²) in [4.78, 5) is 14.7. The number of rotatable bonds is 4. The molecule has 0 saturated carbocycles. The number of oxazole rings is 1. The first-order chi connectivity index (χ1) is 9.02. The highest BCUT2D eigenvalue weighted by molar-refractivity contribution is 5.88. The Morgan fingerprint density at radius 2 is 2.26 bits per heavy atom. The molecule has 1 aromatic heterocycles. The van der Waals surface area contributed by atoms with Gasteiger partial charge in [-0.1, -0.05) is 6.07 Å². The fraction of sp³-hybridized carbons (Fsp3) is 0.231. The van der Waals surface area contributed by atoms with Gasteiger partial charge in [0.1, 0.15) is 5.82 Å². The van der Waals surface area contributed by atoms with E-state index in [-0.39, 0.29) is 29.7 Å². The summed E-state index contributed by atoms with van der Waals surface area (Å²) in [6.07, 6.45) is 0. The molecule has 1 aromatic carbocycles. The third kappa shape index (κ3) is 2.57. The van der Waals surface area contributed by atoms with E-state index in [0.717, 1.165) is 5.56 Å². The maximum absolute atomic E-state index is 13.8. The van der Waals surface area contributed by atoms with Crippen molar-refractivity contribution in [3.05, 3.63) is 35.3 Å². The first-order valence-corrected chi connectivity index (χ1v) is 5.66. The lowest BCUT2D eigenvalue weighted by molar-refractivity contribution is 0.0683. The number of aryl methyl sites for hydroxylation is 1. The van der Waals surface area contributed by atoms with Crippen molar-refractivity contribution < 1.29 is 23.4 Å². The lowest BCUT2D eigenvalue weighted by Crippen LogP contribution is -2.01. The average Bonchev–Trinajstić information content (AvgIpc) is 2.73. The van der Waals surface area contributed by atoms with E-state index in [1.54, 1.807) is 19.9 Å². The van der Waals surface area contributed by atoms with Crippen LogP contribution >= 0.6 is 0 Å². The van der Waals surface area contributed by atoms with Gasteiger partial charge in [0.25, 0.3) is 0 Å². The number of nitrogens with zero attached hydrogens (tertiary/aromatic N) is 1. The molecule has 0 saturated heterocycles. The van der Waals surface area contributed by atoms with E-state index in [9.17, 15) is 9.18 Å². The van der Waals surface area contributed by atoms with Gasteiger partial charge in [0, 0.05) is 0 Å². The first kappa shape index (κ1) is 13.1. The van der Waals surface area contributed by atoms with Crippen LogP contribution in [0.5, 0.6) is 5.95 Å². The van der Waals surface area contributed by atoms with Gasteiger partial charge < -0.3 is 14.3 Å². The zero-order chi connectivity index (χ0) is 14.0. The van der Waals surface area contributed by atoms with Crippen molar-refractivity contribution in [3.63, 3.8) is 0 Å². The Morgan fingerprint density at radius 1 is 1.53 bits per heavy atom. The topological polar surface area (TPSA) is 72.6 Å². The fourth-order valence-electron chi connectivity index (χ4n) is 1.58. The summed E-state index contributed by atoms with van der Waals surface area (Å²) in [7, 11) is 0. The van der Waals surface area contributed by atoms with Gasteiger partial charge in [-0.2, -0.15) is 4.98 Å². The van der Waals surface area contributed by atoms with E-state index in [2.05, 4.69) is 4.98 Å². The fourth-order valence-corrected chi connectivity index (χ4v) is 1.58. The predicted octanol–water partition coefficient (Wildman–Crippen LogP) is 2.89. The number of ether oxygens (including phenoxy) is 1. The van der Waals surface area contributed by atoms with E-state index in [1.165, 1.54) is 12.1 Å². The molecule has 6 heteroatoms. The number of carboxylic acid groups (broad SMARTS) is 1. The number of halogens is 1. The summed E-state index contributed by atoms with van der Waals surface area (Å²) in [6.45, 7) is 3.66. The maximum Gasteiger partial charge on any atom is 0.362 e. The molecule has 0 aliphatic rings. The number of hydrogen-bond acceptors (Lipinski definition) is 4. The van der Waals surface area contributed by atoms with Crippen LogP contribution in [0, 0.1) is 12.7 Å². The van der Waals surface area contributed by atoms with E-state index in [1.807, 2.05) is 0 Å². The Labute approximate surface area is 108 Å². The third-order valence-electron chi connectivity index (χ3n) is 2.43. The molecule has 0 aliphatic heterocycles. The predicted molar refractivity (Wildman–Crippen MR) is 64.8 cm³/mol. The van der Waals surface area contributed by atoms with Crippen molar-refractivity contribution in [1.29, 1.82) is 0 Å². The maximum atomic E-state index is 13.8. The van der Waals surface area contributed by atoms with Crippen molar-refractivity contribution in [1.82, 2.24) is 4.98 Å². The quantitative estimate of drug-likeness (QED) is 0.920. The van der Waals surface area contributed by atoms with Crippen LogP contribution in [0.1, 0.15) is 23.0 Å². The lowest BCUT2D eigenvalue weighted by atomic mass is 10.1. The monoisotopic (exact) mass is 265 g/mol.